The van der Waals surface area contributed by atoms with Crippen molar-refractivity contribution in [2.45, 2.75) is 33.1 Å². The number of carboxylic acids is 1. The van der Waals surface area contributed by atoms with Gasteiger partial charge in [-0.15, -0.1) is 0 Å². The number of hydrogen-bond acceptors (Lipinski definition) is 3. The number of pyridine rings is 1. The van der Waals surface area contributed by atoms with Gasteiger partial charge in [0.2, 0.25) is 0 Å². The number of aromatic nitrogens is 1. The summed E-state index contributed by atoms with van der Waals surface area (Å²) in [7, 11) is 0. The lowest BCUT2D eigenvalue weighted by atomic mass is 9.86. The minimum Gasteiger partial charge on any atom is -0.481 e. The van der Waals surface area contributed by atoms with E-state index in [4.69, 9.17) is 0 Å². The van der Waals surface area contributed by atoms with Crippen molar-refractivity contribution in [3.63, 3.8) is 0 Å². The normalized spacial score (nSPS) is 20.9. The number of para-hydroxylation sites is 1. The molecule has 0 spiro atoms. The Bertz CT molecular complexity index is 816. The minimum absolute atomic E-state index is 0.0313. The van der Waals surface area contributed by atoms with Gasteiger partial charge in [0.15, 0.2) is 0 Å². The van der Waals surface area contributed by atoms with Crippen LogP contribution in [-0.4, -0.2) is 40.0 Å². The molecule has 25 heavy (non-hydrogen) atoms. The molecule has 3 rings (SSSR count). The molecule has 1 amide bonds. The van der Waals surface area contributed by atoms with Gasteiger partial charge in [0.25, 0.3) is 5.91 Å². The lowest BCUT2D eigenvalue weighted by Crippen LogP contribution is -2.45. The molecular formula is C20H24N2O3. The van der Waals surface area contributed by atoms with E-state index in [0.29, 0.717) is 25.1 Å². The first-order valence-electron chi connectivity index (χ1n) is 8.80. The van der Waals surface area contributed by atoms with E-state index < -0.39 is 5.97 Å². The van der Waals surface area contributed by atoms with Crippen molar-refractivity contribution >= 4 is 22.8 Å². The number of carboxylic acid groups (broad SMARTS) is 1. The summed E-state index contributed by atoms with van der Waals surface area (Å²) >= 11 is 0. The molecule has 1 saturated heterocycles. The number of nitrogens with zero attached hydrogens (tertiary/aromatic N) is 2. The summed E-state index contributed by atoms with van der Waals surface area (Å²) in [6.45, 7) is 6.98. The van der Waals surface area contributed by atoms with Crippen LogP contribution in [0.25, 0.3) is 10.9 Å². The summed E-state index contributed by atoms with van der Waals surface area (Å²) < 4.78 is 0. The van der Waals surface area contributed by atoms with Crippen LogP contribution in [0.15, 0.2) is 30.3 Å². The molecule has 2 atom stereocenters. The monoisotopic (exact) mass is 340 g/mol. The highest BCUT2D eigenvalue weighted by molar-refractivity contribution is 6.06. The van der Waals surface area contributed by atoms with Crippen molar-refractivity contribution in [3.8, 4) is 0 Å². The van der Waals surface area contributed by atoms with E-state index in [1.807, 2.05) is 37.3 Å². The second-order valence-corrected chi connectivity index (χ2v) is 7.23. The van der Waals surface area contributed by atoms with Gasteiger partial charge < -0.3 is 10.0 Å². The maximum Gasteiger partial charge on any atom is 0.306 e. The number of aliphatic carboxylic acids is 1. The maximum atomic E-state index is 13.2. The quantitative estimate of drug-likeness (QED) is 0.928. The average molecular weight is 340 g/mol. The third-order valence-electron chi connectivity index (χ3n) is 5.07. The van der Waals surface area contributed by atoms with E-state index in [1.54, 1.807) is 4.90 Å². The van der Waals surface area contributed by atoms with E-state index in [-0.39, 0.29) is 23.7 Å². The van der Waals surface area contributed by atoms with Gasteiger partial charge >= 0.3 is 5.97 Å². The fourth-order valence-electron chi connectivity index (χ4n) is 3.54. The molecule has 132 valence electrons. The number of amides is 1. The maximum absolute atomic E-state index is 13.2. The van der Waals surface area contributed by atoms with E-state index in [2.05, 4.69) is 18.8 Å². The number of carbonyl (C=O) groups is 2. The van der Waals surface area contributed by atoms with Gasteiger partial charge in [-0.1, -0.05) is 39.0 Å². The van der Waals surface area contributed by atoms with Crippen LogP contribution in [0.3, 0.4) is 0 Å². The Hall–Kier alpha value is -2.43. The van der Waals surface area contributed by atoms with Gasteiger partial charge in [0, 0.05) is 24.2 Å². The van der Waals surface area contributed by atoms with Crippen molar-refractivity contribution in [2.24, 2.45) is 11.8 Å². The first kappa shape index (κ1) is 17.4. The Morgan fingerprint density at radius 2 is 2.00 bits per heavy atom. The highest BCUT2D eigenvalue weighted by Crippen LogP contribution is 2.28. The first-order chi connectivity index (χ1) is 11.9. The van der Waals surface area contributed by atoms with E-state index in [0.717, 1.165) is 16.6 Å². The molecule has 1 aromatic heterocycles. The van der Waals surface area contributed by atoms with Crippen LogP contribution in [0, 0.1) is 11.8 Å². The molecule has 5 nitrogen and oxygen atoms in total. The Labute approximate surface area is 147 Å². The summed E-state index contributed by atoms with van der Waals surface area (Å²) in [4.78, 5) is 30.9. The van der Waals surface area contributed by atoms with Crippen molar-refractivity contribution in [1.29, 1.82) is 0 Å². The Kier molecular flexibility index (Phi) is 4.75. The lowest BCUT2D eigenvalue weighted by Gasteiger charge is -2.35. The van der Waals surface area contributed by atoms with Gasteiger partial charge in [-0.25, -0.2) is 0 Å². The number of carbonyl (C=O) groups excluding carboxylic acids is 1. The molecule has 0 radical (unpaired) electrons. The van der Waals surface area contributed by atoms with Crippen LogP contribution in [-0.2, 0) is 4.79 Å². The van der Waals surface area contributed by atoms with Crippen molar-refractivity contribution < 1.29 is 14.7 Å². The smallest absolute Gasteiger partial charge is 0.306 e. The molecule has 1 fully saturated rings. The van der Waals surface area contributed by atoms with Crippen LogP contribution in [0.2, 0.25) is 0 Å². The van der Waals surface area contributed by atoms with Crippen LogP contribution in [0.5, 0.6) is 0 Å². The van der Waals surface area contributed by atoms with E-state index >= 15 is 0 Å². The number of hydrogen-bond donors (Lipinski definition) is 1. The van der Waals surface area contributed by atoms with Crippen LogP contribution < -0.4 is 0 Å². The van der Waals surface area contributed by atoms with Crippen LogP contribution in [0.1, 0.15) is 49.2 Å². The largest absolute Gasteiger partial charge is 0.481 e. The number of likely N-dealkylation sites (tertiary alicyclic amines) is 1. The van der Waals surface area contributed by atoms with Gasteiger partial charge in [-0.3, -0.25) is 14.6 Å². The molecule has 0 aliphatic carbocycles. The van der Waals surface area contributed by atoms with Gasteiger partial charge in [-0.2, -0.15) is 0 Å². The Morgan fingerprint density at radius 1 is 1.28 bits per heavy atom. The van der Waals surface area contributed by atoms with E-state index in [1.165, 1.54) is 0 Å². The fourth-order valence-corrected chi connectivity index (χ4v) is 3.54. The number of piperidine rings is 1. The zero-order valence-electron chi connectivity index (χ0n) is 14.9. The lowest BCUT2D eigenvalue weighted by molar-refractivity contribution is -0.145. The molecule has 2 aromatic rings. The van der Waals surface area contributed by atoms with Gasteiger partial charge in [0.1, 0.15) is 0 Å². The fraction of sp³-hybridized carbons (Fsp3) is 0.450. The topological polar surface area (TPSA) is 70.5 Å². The molecule has 2 unspecified atom stereocenters. The van der Waals surface area contributed by atoms with Crippen molar-refractivity contribution in [1.82, 2.24) is 9.88 Å². The predicted octanol–water partition coefficient (Wildman–Crippen LogP) is 3.54. The molecule has 1 N–H and O–H groups in total. The summed E-state index contributed by atoms with van der Waals surface area (Å²) in [6.07, 6.45) is 0.502. The second kappa shape index (κ2) is 6.82. The highest BCUT2D eigenvalue weighted by atomic mass is 16.4. The number of fused-ring (bicyclic) bond motifs is 1. The van der Waals surface area contributed by atoms with Crippen molar-refractivity contribution in [2.75, 3.05) is 13.1 Å². The standard InChI is InChI=1S/C20H24N2O3/c1-12(2)18-10-16(15-6-4-5-7-17(15)21-18)19(23)22-9-8-14(20(24)25)13(3)11-22/h4-7,10,12-14H,8-9,11H2,1-3H3,(H,24,25). The second-order valence-electron chi connectivity index (χ2n) is 7.23. The van der Waals surface area contributed by atoms with Crippen molar-refractivity contribution in [3.05, 3.63) is 41.6 Å². The first-order valence-corrected chi connectivity index (χ1v) is 8.80. The Morgan fingerprint density at radius 3 is 2.64 bits per heavy atom. The van der Waals surface area contributed by atoms with Gasteiger partial charge in [0.05, 0.1) is 17.0 Å². The molecule has 1 aliphatic heterocycles. The predicted molar refractivity (Wildman–Crippen MR) is 96.6 cm³/mol. The summed E-state index contributed by atoms with van der Waals surface area (Å²) in [5.74, 6) is -0.989. The third-order valence-corrected chi connectivity index (χ3v) is 5.07. The molecular weight excluding hydrogens is 316 g/mol. The zero-order valence-corrected chi connectivity index (χ0v) is 14.9. The molecule has 1 aromatic carbocycles. The molecule has 0 bridgehead atoms. The molecule has 0 saturated carbocycles. The molecule has 1 aliphatic rings. The van der Waals surface area contributed by atoms with E-state index in [9.17, 15) is 14.7 Å². The minimum atomic E-state index is -0.768. The number of benzene rings is 1. The average Bonchev–Trinajstić information content (AvgIpc) is 2.59. The summed E-state index contributed by atoms with van der Waals surface area (Å²) in [6, 6.07) is 9.58. The number of rotatable bonds is 3. The SMILES string of the molecule is CC(C)c1cc(C(=O)N2CCC(C(=O)O)C(C)C2)c2ccccc2n1. The highest BCUT2D eigenvalue weighted by Gasteiger charge is 2.33. The van der Waals surface area contributed by atoms with Crippen LogP contribution in [0.4, 0.5) is 0 Å². The molecule has 5 heteroatoms. The Balaban J connectivity index is 1.96. The van der Waals surface area contributed by atoms with Gasteiger partial charge in [-0.05, 0) is 30.4 Å². The van der Waals surface area contributed by atoms with Crippen LogP contribution >= 0.6 is 0 Å². The third kappa shape index (κ3) is 3.36. The zero-order chi connectivity index (χ0) is 18.1. The summed E-state index contributed by atoms with van der Waals surface area (Å²) in [5.41, 5.74) is 2.39. The molecule has 2 heterocycles. The summed E-state index contributed by atoms with van der Waals surface area (Å²) in [5, 5.41) is 10.1.